The summed E-state index contributed by atoms with van der Waals surface area (Å²) in [7, 11) is 1.56. The molecule has 1 aromatic rings. The lowest BCUT2D eigenvalue weighted by Crippen LogP contribution is -2.36. The number of ether oxygens (including phenoxy) is 2. The molecule has 7 heteroatoms. The highest BCUT2D eigenvalue weighted by Gasteiger charge is 2.18. The molecule has 0 spiro atoms. The maximum absolute atomic E-state index is 10.7. The average Bonchev–Trinajstić information content (AvgIpc) is 2.37. The van der Waals surface area contributed by atoms with Crippen molar-refractivity contribution in [3.8, 4) is 5.75 Å². The second-order valence-corrected chi connectivity index (χ2v) is 3.50. The average molecular weight is 253 g/mol. The van der Waals surface area contributed by atoms with Crippen LogP contribution in [0.2, 0.25) is 0 Å². The quantitative estimate of drug-likeness (QED) is 0.304. The molecular formula is C11H15N3O4. The fourth-order valence-electron chi connectivity index (χ4n) is 1.39. The summed E-state index contributed by atoms with van der Waals surface area (Å²) in [5.74, 6) is 0.486. The van der Waals surface area contributed by atoms with Gasteiger partial charge in [-0.05, 0) is 17.7 Å². The first-order valence-corrected chi connectivity index (χ1v) is 5.13. The Balaban J connectivity index is 2.78. The van der Waals surface area contributed by atoms with E-state index in [4.69, 9.17) is 26.1 Å². The van der Waals surface area contributed by atoms with Crippen molar-refractivity contribution < 1.29 is 19.5 Å². The number of hydrogen-bond acceptors (Lipinski definition) is 5. The standard InChI is InChI=1S/C11H15N3O4/c1-17-8-4-2-7(3-5-8)6-9(10(12)14-16)18-11(13)15/h2-5,9,16H,6H2,1H3,(H2,12,14)(H2,13,15). The zero-order valence-electron chi connectivity index (χ0n) is 9.87. The minimum Gasteiger partial charge on any atom is -0.497 e. The number of benzene rings is 1. The molecule has 0 aliphatic heterocycles. The Hall–Kier alpha value is -2.44. The highest BCUT2D eigenvalue weighted by Crippen LogP contribution is 2.13. The van der Waals surface area contributed by atoms with Gasteiger partial charge < -0.3 is 26.1 Å². The van der Waals surface area contributed by atoms with Crippen molar-refractivity contribution in [3.05, 3.63) is 29.8 Å². The van der Waals surface area contributed by atoms with E-state index in [0.29, 0.717) is 5.75 Å². The van der Waals surface area contributed by atoms with E-state index in [9.17, 15) is 4.79 Å². The van der Waals surface area contributed by atoms with Gasteiger partial charge >= 0.3 is 6.09 Å². The van der Waals surface area contributed by atoms with Crippen LogP contribution in [-0.4, -0.2) is 30.3 Å². The second kappa shape index (κ2) is 6.33. The van der Waals surface area contributed by atoms with E-state index < -0.39 is 12.2 Å². The number of carbonyl (C=O) groups is 1. The van der Waals surface area contributed by atoms with Gasteiger partial charge in [-0.15, -0.1) is 0 Å². The van der Waals surface area contributed by atoms with Crippen LogP contribution < -0.4 is 16.2 Å². The van der Waals surface area contributed by atoms with Crippen LogP contribution in [-0.2, 0) is 11.2 Å². The van der Waals surface area contributed by atoms with Gasteiger partial charge in [0.15, 0.2) is 11.9 Å². The summed E-state index contributed by atoms with van der Waals surface area (Å²) >= 11 is 0. The maximum Gasteiger partial charge on any atom is 0.405 e. The second-order valence-electron chi connectivity index (χ2n) is 3.50. The molecule has 0 bridgehead atoms. The van der Waals surface area contributed by atoms with Gasteiger partial charge in [0.05, 0.1) is 7.11 Å². The largest absolute Gasteiger partial charge is 0.497 e. The number of nitrogens with zero attached hydrogens (tertiary/aromatic N) is 1. The molecule has 0 saturated heterocycles. The van der Waals surface area contributed by atoms with Crippen LogP contribution in [0.3, 0.4) is 0 Å². The van der Waals surface area contributed by atoms with E-state index in [1.54, 1.807) is 31.4 Å². The minimum atomic E-state index is -0.986. The number of methoxy groups -OCH3 is 1. The van der Waals surface area contributed by atoms with Crippen molar-refractivity contribution in [2.24, 2.45) is 16.6 Å². The van der Waals surface area contributed by atoms with Gasteiger partial charge in [-0.25, -0.2) is 4.79 Å². The Labute approximate surface area is 104 Å². The molecule has 0 aromatic heterocycles. The van der Waals surface area contributed by atoms with Crippen LogP contribution in [0.4, 0.5) is 4.79 Å². The van der Waals surface area contributed by atoms with Crippen LogP contribution in [0.25, 0.3) is 0 Å². The van der Waals surface area contributed by atoms with Gasteiger partial charge in [-0.1, -0.05) is 17.3 Å². The van der Waals surface area contributed by atoms with Crippen LogP contribution in [0.15, 0.2) is 29.4 Å². The van der Waals surface area contributed by atoms with E-state index in [1.165, 1.54) is 0 Å². The molecule has 0 fully saturated rings. The monoisotopic (exact) mass is 253 g/mol. The van der Waals surface area contributed by atoms with Gasteiger partial charge in [0.2, 0.25) is 0 Å². The van der Waals surface area contributed by atoms with Crippen LogP contribution in [0.1, 0.15) is 5.56 Å². The molecular weight excluding hydrogens is 238 g/mol. The van der Waals surface area contributed by atoms with Crippen molar-refractivity contribution in [2.45, 2.75) is 12.5 Å². The minimum absolute atomic E-state index is 0.218. The first kappa shape index (κ1) is 13.6. The number of amides is 1. The Bertz CT molecular complexity index is 430. The molecule has 18 heavy (non-hydrogen) atoms. The van der Waals surface area contributed by atoms with E-state index in [0.717, 1.165) is 5.56 Å². The summed E-state index contributed by atoms with van der Waals surface area (Å²) in [6.07, 6.45) is -1.64. The molecule has 98 valence electrons. The zero-order valence-corrected chi connectivity index (χ0v) is 9.87. The van der Waals surface area contributed by atoms with Crippen molar-refractivity contribution in [1.82, 2.24) is 0 Å². The van der Waals surface area contributed by atoms with Crippen LogP contribution in [0.5, 0.6) is 5.75 Å². The number of amidine groups is 1. The summed E-state index contributed by atoms with van der Waals surface area (Å²) in [6.45, 7) is 0. The Kier molecular flexibility index (Phi) is 4.79. The van der Waals surface area contributed by atoms with Gasteiger partial charge in [0.25, 0.3) is 0 Å². The molecule has 7 nitrogen and oxygen atoms in total. The summed E-state index contributed by atoms with van der Waals surface area (Å²) in [5, 5.41) is 11.4. The van der Waals surface area contributed by atoms with E-state index in [2.05, 4.69) is 5.16 Å². The highest BCUT2D eigenvalue weighted by atomic mass is 16.6. The number of rotatable bonds is 5. The van der Waals surface area contributed by atoms with E-state index in [-0.39, 0.29) is 12.3 Å². The van der Waals surface area contributed by atoms with E-state index >= 15 is 0 Å². The van der Waals surface area contributed by atoms with Gasteiger partial charge in [-0.2, -0.15) is 0 Å². The first-order valence-electron chi connectivity index (χ1n) is 5.13. The molecule has 1 rings (SSSR count). The van der Waals surface area contributed by atoms with Crippen LogP contribution in [0, 0.1) is 0 Å². The lowest BCUT2D eigenvalue weighted by Gasteiger charge is -2.15. The zero-order chi connectivity index (χ0) is 13.5. The molecule has 0 aliphatic rings. The Morgan fingerprint density at radius 1 is 1.39 bits per heavy atom. The number of hydrogen-bond donors (Lipinski definition) is 3. The summed E-state index contributed by atoms with van der Waals surface area (Å²) in [4.78, 5) is 10.7. The van der Waals surface area contributed by atoms with E-state index in [1.807, 2.05) is 0 Å². The van der Waals surface area contributed by atoms with Crippen LogP contribution >= 0.6 is 0 Å². The number of carbonyl (C=O) groups excluding carboxylic acids is 1. The predicted octanol–water partition coefficient (Wildman–Crippen LogP) is 0.448. The fraction of sp³-hybridized carbons (Fsp3) is 0.273. The normalized spacial score (nSPS) is 12.8. The Morgan fingerprint density at radius 3 is 2.44 bits per heavy atom. The van der Waals surface area contributed by atoms with Crippen molar-refractivity contribution >= 4 is 11.9 Å². The smallest absolute Gasteiger partial charge is 0.405 e. The van der Waals surface area contributed by atoms with Crippen molar-refractivity contribution in [2.75, 3.05) is 7.11 Å². The predicted molar refractivity (Wildman–Crippen MR) is 64.6 cm³/mol. The molecule has 1 amide bonds. The fourth-order valence-corrected chi connectivity index (χ4v) is 1.39. The lowest BCUT2D eigenvalue weighted by atomic mass is 10.1. The molecule has 1 unspecified atom stereocenters. The first-order chi connectivity index (χ1) is 8.56. The number of oxime groups is 1. The molecule has 1 aromatic carbocycles. The SMILES string of the molecule is COc1ccc(CC(OC(N)=O)/C(N)=N/O)cc1. The summed E-state index contributed by atoms with van der Waals surface area (Å²) in [6, 6.07) is 7.06. The summed E-state index contributed by atoms with van der Waals surface area (Å²) in [5.41, 5.74) is 11.2. The van der Waals surface area contributed by atoms with Crippen molar-refractivity contribution in [1.29, 1.82) is 0 Å². The van der Waals surface area contributed by atoms with Gasteiger partial charge in [0.1, 0.15) is 5.75 Å². The van der Waals surface area contributed by atoms with Gasteiger partial charge in [-0.3, -0.25) is 0 Å². The number of primary amides is 1. The molecule has 0 radical (unpaired) electrons. The number of nitrogens with two attached hydrogens (primary N) is 2. The van der Waals surface area contributed by atoms with Crippen molar-refractivity contribution in [3.63, 3.8) is 0 Å². The maximum atomic E-state index is 10.7. The lowest BCUT2D eigenvalue weighted by molar-refractivity contribution is 0.134. The summed E-state index contributed by atoms with van der Waals surface area (Å²) < 4.78 is 9.77. The molecule has 1 atom stereocenters. The molecule has 0 heterocycles. The highest BCUT2D eigenvalue weighted by molar-refractivity contribution is 5.86. The molecule has 0 saturated carbocycles. The Morgan fingerprint density at radius 2 is 2.00 bits per heavy atom. The topological polar surface area (TPSA) is 120 Å². The molecule has 0 aliphatic carbocycles. The third-order valence-electron chi connectivity index (χ3n) is 2.28. The molecule has 5 N–H and O–H groups in total. The third kappa shape index (κ3) is 3.85. The third-order valence-corrected chi connectivity index (χ3v) is 2.28. The van der Waals surface area contributed by atoms with Gasteiger partial charge in [0, 0.05) is 6.42 Å².